The van der Waals surface area contributed by atoms with Crippen molar-refractivity contribution in [3.8, 4) is 5.75 Å². The number of benzene rings is 2. The molecule has 0 aromatic heterocycles. The molecule has 0 aliphatic carbocycles. The fraction of sp³-hybridized carbons (Fsp3) is 0.278. The Morgan fingerprint density at radius 1 is 1.04 bits per heavy atom. The van der Waals surface area contributed by atoms with Crippen molar-refractivity contribution < 1.29 is 9.53 Å². The van der Waals surface area contributed by atoms with Crippen LogP contribution in [0, 0.1) is 0 Å². The normalized spacial score (nSPS) is 11.2. The largest absolute Gasteiger partial charge is 0.491 e. The summed E-state index contributed by atoms with van der Waals surface area (Å²) in [7, 11) is 0. The Morgan fingerprint density at radius 3 is 2.26 bits per heavy atom. The molecule has 2 aromatic rings. The van der Waals surface area contributed by atoms with Crippen molar-refractivity contribution in [3.05, 3.63) is 66.2 Å². The molecule has 1 amide bonds. The molecule has 0 aliphatic rings. The second-order valence-corrected chi connectivity index (χ2v) is 5.05. The van der Waals surface area contributed by atoms with Crippen molar-refractivity contribution in [3.63, 3.8) is 0 Å². The molecule has 0 aliphatic heterocycles. The van der Waals surface area contributed by atoms with E-state index in [0.717, 1.165) is 11.3 Å². The van der Waals surface area contributed by atoms with Gasteiger partial charge in [0.05, 0.1) is 6.04 Å². The predicted molar refractivity (Wildman–Crippen MR) is 94.8 cm³/mol. The van der Waals surface area contributed by atoms with Crippen molar-refractivity contribution in [2.75, 3.05) is 13.2 Å². The summed E-state index contributed by atoms with van der Waals surface area (Å²) in [5, 5.41) is 3.02. The zero-order valence-corrected chi connectivity index (χ0v) is 13.8. The molecule has 0 bridgehead atoms. The number of hydrogen-bond acceptors (Lipinski definition) is 3. The number of para-hydroxylation sites is 1. The van der Waals surface area contributed by atoms with Gasteiger partial charge >= 0.3 is 0 Å². The number of carbonyl (C=O) groups excluding carboxylic acids is 1. The zero-order valence-electron chi connectivity index (χ0n) is 13.0. The minimum atomic E-state index is -0.174. The van der Waals surface area contributed by atoms with E-state index in [1.807, 2.05) is 60.7 Å². The van der Waals surface area contributed by atoms with Crippen LogP contribution in [0.25, 0.3) is 0 Å². The third kappa shape index (κ3) is 6.72. The molecular weight excluding hydrogens is 312 g/mol. The molecule has 3 N–H and O–H groups in total. The van der Waals surface area contributed by atoms with E-state index in [4.69, 9.17) is 10.5 Å². The standard InChI is InChI=1S/C18H22N2O2.ClH/c19-13-7-12-18(21)20-17(15-8-3-1-4-9-15)14-22-16-10-5-2-6-11-16;/h1-6,8-11,17H,7,12-14,19H2,(H,20,21);1H. The van der Waals surface area contributed by atoms with E-state index >= 15 is 0 Å². The van der Waals surface area contributed by atoms with E-state index in [9.17, 15) is 4.79 Å². The van der Waals surface area contributed by atoms with Crippen LogP contribution >= 0.6 is 12.4 Å². The Balaban J connectivity index is 0.00000264. The number of rotatable bonds is 8. The fourth-order valence-corrected chi connectivity index (χ4v) is 2.13. The molecule has 1 unspecified atom stereocenters. The third-order valence-corrected chi connectivity index (χ3v) is 3.30. The molecule has 2 rings (SSSR count). The molecule has 0 heterocycles. The lowest BCUT2D eigenvalue weighted by Gasteiger charge is -2.20. The van der Waals surface area contributed by atoms with Crippen LogP contribution in [0.4, 0.5) is 0 Å². The SMILES string of the molecule is Cl.NCCCC(=O)NC(COc1ccccc1)c1ccccc1. The van der Waals surface area contributed by atoms with Crippen LogP contribution < -0.4 is 15.8 Å². The Labute approximate surface area is 143 Å². The van der Waals surface area contributed by atoms with Gasteiger partial charge in [-0.1, -0.05) is 48.5 Å². The van der Waals surface area contributed by atoms with E-state index in [1.165, 1.54) is 0 Å². The van der Waals surface area contributed by atoms with Crippen molar-refractivity contribution >= 4 is 18.3 Å². The number of carbonyl (C=O) groups is 1. The van der Waals surface area contributed by atoms with Gasteiger partial charge in [0.1, 0.15) is 12.4 Å². The lowest BCUT2D eigenvalue weighted by Crippen LogP contribution is -2.32. The quantitative estimate of drug-likeness (QED) is 0.779. The first-order valence-corrected chi connectivity index (χ1v) is 7.52. The summed E-state index contributed by atoms with van der Waals surface area (Å²) in [6.07, 6.45) is 1.12. The first-order valence-electron chi connectivity index (χ1n) is 7.52. The first kappa shape index (κ1) is 19.0. The average Bonchev–Trinajstić information content (AvgIpc) is 2.58. The van der Waals surface area contributed by atoms with Crippen molar-refractivity contribution in [2.45, 2.75) is 18.9 Å². The number of hydrogen-bond donors (Lipinski definition) is 2. The number of halogens is 1. The zero-order chi connectivity index (χ0) is 15.6. The second kappa shape index (κ2) is 10.6. The maximum atomic E-state index is 12.0. The van der Waals surface area contributed by atoms with Crippen LogP contribution in [-0.4, -0.2) is 19.1 Å². The summed E-state index contributed by atoms with van der Waals surface area (Å²) in [6, 6.07) is 19.3. The topological polar surface area (TPSA) is 64.4 Å². The Kier molecular flexibility index (Phi) is 8.80. The first-order chi connectivity index (χ1) is 10.8. The molecule has 0 radical (unpaired) electrons. The third-order valence-electron chi connectivity index (χ3n) is 3.30. The Bertz CT molecular complexity index is 564. The molecule has 0 spiro atoms. The summed E-state index contributed by atoms with van der Waals surface area (Å²) in [5.74, 6) is 0.788. The van der Waals surface area contributed by atoms with Crippen molar-refractivity contribution in [2.24, 2.45) is 5.73 Å². The average molecular weight is 335 g/mol. The van der Waals surface area contributed by atoms with Crippen molar-refractivity contribution in [1.82, 2.24) is 5.32 Å². The fourth-order valence-electron chi connectivity index (χ4n) is 2.13. The van der Waals surface area contributed by atoms with Gasteiger partial charge in [-0.2, -0.15) is 0 Å². The highest BCUT2D eigenvalue weighted by molar-refractivity contribution is 5.85. The van der Waals surface area contributed by atoms with Gasteiger partial charge in [0.25, 0.3) is 0 Å². The lowest BCUT2D eigenvalue weighted by molar-refractivity contribution is -0.122. The van der Waals surface area contributed by atoms with E-state index in [0.29, 0.717) is 26.0 Å². The molecule has 1 atom stereocenters. The van der Waals surface area contributed by atoms with Gasteiger partial charge in [-0.25, -0.2) is 0 Å². The van der Waals surface area contributed by atoms with Gasteiger partial charge in [0.2, 0.25) is 5.91 Å². The summed E-state index contributed by atoms with van der Waals surface area (Å²) in [6.45, 7) is 0.909. The Morgan fingerprint density at radius 2 is 1.65 bits per heavy atom. The minimum Gasteiger partial charge on any atom is -0.491 e. The van der Waals surface area contributed by atoms with Crippen LogP contribution in [0.2, 0.25) is 0 Å². The van der Waals surface area contributed by atoms with E-state index in [-0.39, 0.29) is 24.4 Å². The number of nitrogens with one attached hydrogen (secondary N) is 1. The van der Waals surface area contributed by atoms with E-state index in [2.05, 4.69) is 5.32 Å². The molecule has 0 saturated carbocycles. The van der Waals surface area contributed by atoms with Gasteiger partial charge in [0, 0.05) is 6.42 Å². The number of amides is 1. The van der Waals surface area contributed by atoms with Gasteiger partial charge in [-0.15, -0.1) is 12.4 Å². The lowest BCUT2D eigenvalue weighted by atomic mass is 10.1. The molecule has 5 heteroatoms. The van der Waals surface area contributed by atoms with Crippen LogP contribution in [0.3, 0.4) is 0 Å². The van der Waals surface area contributed by atoms with Gasteiger partial charge in [0.15, 0.2) is 0 Å². The summed E-state index contributed by atoms with van der Waals surface area (Å²) >= 11 is 0. The van der Waals surface area contributed by atoms with Gasteiger partial charge in [-0.05, 0) is 30.7 Å². The van der Waals surface area contributed by atoms with Crippen molar-refractivity contribution in [1.29, 1.82) is 0 Å². The second-order valence-electron chi connectivity index (χ2n) is 5.05. The highest BCUT2D eigenvalue weighted by atomic mass is 35.5. The van der Waals surface area contributed by atoms with E-state index in [1.54, 1.807) is 0 Å². The summed E-state index contributed by atoms with van der Waals surface area (Å²) < 4.78 is 5.79. The van der Waals surface area contributed by atoms with Crippen LogP contribution in [-0.2, 0) is 4.79 Å². The molecule has 0 saturated heterocycles. The highest BCUT2D eigenvalue weighted by Crippen LogP contribution is 2.16. The predicted octanol–water partition coefficient (Wildman–Crippen LogP) is 3.08. The Hall–Kier alpha value is -2.04. The number of nitrogens with two attached hydrogens (primary N) is 1. The van der Waals surface area contributed by atoms with Crippen LogP contribution in [0.15, 0.2) is 60.7 Å². The summed E-state index contributed by atoms with van der Waals surface area (Å²) in [5.41, 5.74) is 6.48. The monoisotopic (exact) mass is 334 g/mol. The van der Waals surface area contributed by atoms with Crippen LogP contribution in [0.5, 0.6) is 5.75 Å². The smallest absolute Gasteiger partial charge is 0.220 e. The maximum absolute atomic E-state index is 12.0. The molecule has 124 valence electrons. The molecule has 2 aromatic carbocycles. The molecule has 0 fully saturated rings. The maximum Gasteiger partial charge on any atom is 0.220 e. The van der Waals surface area contributed by atoms with Gasteiger partial charge < -0.3 is 15.8 Å². The molecule has 23 heavy (non-hydrogen) atoms. The minimum absolute atomic E-state index is 0. The summed E-state index contributed by atoms with van der Waals surface area (Å²) in [4.78, 5) is 12.0. The number of ether oxygens (including phenoxy) is 1. The molecule has 4 nitrogen and oxygen atoms in total. The highest BCUT2D eigenvalue weighted by Gasteiger charge is 2.15. The molecular formula is C18H23ClN2O2. The van der Waals surface area contributed by atoms with E-state index < -0.39 is 0 Å². The van der Waals surface area contributed by atoms with Gasteiger partial charge in [-0.3, -0.25) is 4.79 Å². The van der Waals surface area contributed by atoms with Crippen LogP contribution in [0.1, 0.15) is 24.4 Å².